The van der Waals surface area contributed by atoms with Crippen molar-refractivity contribution in [3.05, 3.63) is 93.0 Å². The Labute approximate surface area is 194 Å². The smallest absolute Gasteiger partial charge is 0.266 e. The maximum atomic E-state index is 14.9. The number of nitrogens with one attached hydrogen (secondary N) is 2. The molecular formula is C22H17Cl2F2N3O2S. The summed E-state index contributed by atoms with van der Waals surface area (Å²) in [7, 11) is -4.05. The standard InChI is InChI=1S/C22H17Cl2F2N3O2S/c1-12(13-5-2-3-8-17(13)25)20-18(26)9-10-19-21(20)28-22(29-32(19,30)31)27-11-14-15(23)6-4-7-16(14)24/h2-10,12H,11H2,1H3,(H2,27,28,29). The summed E-state index contributed by atoms with van der Waals surface area (Å²) < 4.78 is 57.3. The lowest BCUT2D eigenvalue weighted by Gasteiger charge is -2.26. The molecule has 0 saturated heterocycles. The molecule has 5 nitrogen and oxygen atoms in total. The van der Waals surface area contributed by atoms with Gasteiger partial charge in [0.05, 0.1) is 12.2 Å². The zero-order valence-electron chi connectivity index (χ0n) is 16.7. The molecule has 0 spiro atoms. The minimum atomic E-state index is -4.05. The molecule has 3 aromatic rings. The second-order valence-corrected chi connectivity index (χ2v) is 9.64. The summed E-state index contributed by atoms with van der Waals surface area (Å²) in [5.74, 6) is -2.08. The van der Waals surface area contributed by atoms with E-state index in [1.54, 1.807) is 31.2 Å². The van der Waals surface area contributed by atoms with Crippen LogP contribution in [0, 0.1) is 11.6 Å². The number of sulfonamides is 1. The Morgan fingerprint density at radius 1 is 0.969 bits per heavy atom. The molecule has 1 heterocycles. The third kappa shape index (κ3) is 4.18. The average Bonchev–Trinajstić information content (AvgIpc) is 2.72. The van der Waals surface area contributed by atoms with E-state index in [0.717, 1.165) is 12.1 Å². The first-order valence-corrected chi connectivity index (χ1v) is 11.8. The van der Waals surface area contributed by atoms with Crippen LogP contribution in [0.25, 0.3) is 0 Å². The van der Waals surface area contributed by atoms with Crippen LogP contribution < -0.4 is 10.0 Å². The summed E-state index contributed by atoms with van der Waals surface area (Å²) in [6, 6.07) is 13.1. The van der Waals surface area contributed by atoms with E-state index in [1.807, 2.05) is 0 Å². The van der Waals surface area contributed by atoms with Crippen LogP contribution in [0.4, 0.5) is 14.5 Å². The molecule has 0 saturated carbocycles. The number of benzene rings is 3. The van der Waals surface area contributed by atoms with Crippen molar-refractivity contribution in [2.45, 2.75) is 24.3 Å². The third-order valence-electron chi connectivity index (χ3n) is 5.18. The van der Waals surface area contributed by atoms with Gasteiger partial charge < -0.3 is 5.32 Å². The van der Waals surface area contributed by atoms with Gasteiger partial charge in [0.2, 0.25) is 5.96 Å². The van der Waals surface area contributed by atoms with Gasteiger partial charge in [-0.2, -0.15) is 0 Å². The topological polar surface area (TPSA) is 70.6 Å². The number of halogens is 4. The van der Waals surface area contributed by atoms with Gasteiger partial charge in [0.1, 0.15) is 16.5 Å². The molecule has 0 bridgehead atoms. The summed E-state index contributed by atoms with van der Waals surface area (Å²) in [6.45, 7) is 1.58. The molecule has 0 amide bonds. The number of fused-ring (bicyclic) bond motifs is 1. The Hall–Kier alpha value is -2.68. The maximum absolute atomic E-state index is 14.9. The van der Waals surface area contributed by atoms with Crippen LogP contribution in [-0.2, 0) is 16.6 Å². The van der Waals surface area contributed by atoms with Crippen molar-refractivity contribution in [3.63, 3.8) is 0 Å². The molecule has 0 aliphatic carbocycles. The van der Waals surface area contributed by atoms with Gasteiger partial charge in [-0.25, -0.2) is 26.9 Å². The second-order valence-electron chi connectivity index (χ2n) is 7.17. The summed E-state index contributed by atoms with van der Waals surface area (Å²) in [5.41, 5.74) is 0.762. The molecule has 2 N–H and O–H groups in total. The van der Waals surface area contributed by atoms with Crippen molar-refractivity contribution in [1.29, 1.82) is 0 Å². The van der Waals surface area contributed by atoms with Crippen LogP contribution >= 0.6 is 23.2 Å². The van der Waals surface area contributed by atoms with Gasteiger partial charge >= 0.3 is 0 Å². The van der Waals surface area contributed by atoms with E-state index in [9.17, 15) is 17.2 Å². The van der Waals surface area contributed by atoms with Crippen molar-refractivity contribution < 1.29 is 17.2 Å². The predicted octanol–water partition coefficient (Wildman–Crippen LogP) is 5.68. The minimum Gasteiger partial charge on any atom is -0.324 e. The Kier molecular flexibility index (Phi) is 6.11. The van der Waals surface area contributed by atoms with E-state index in [-0.39, 0.29) is 34.2 Å². The fraction of sp³-hybridized carbons (Fsp3) is 0.136. The average molecular weight is 496 g/mol. The summed E-state index contributed by atoms with van der Waals surface area (Å²) in [6.07, 6.45) is 0. The lowest BCUT2D eigenvalue weighted by atomic mass is 9.91. The van der Waals surface area contributed by atoms with E-state index in [1.165, 1.54) is 18.2 Å². The van der Waals surface area contributed by atoms with Gasteiger partial charge in [0.15, 0.2) is 0 Å². The SMILES string of the molecule is CC(c1ccccc1F)c1c(F)ccc2c1NC(=NCc1c(Cl)cccc1Cl)NS2(=O)=O. The van der Waals surface area contributed by atoms with Crippen LogP contribution in [0.3, 0.4) is 0 Å². The summed E-state index contributed by atoms with van der Waals surface area (Å²) >= 11 is 12.3. The van der Waals surface area contributed by atoms with Crippen molar-refractivity contribution in [2.75, 3.05) is 5.32 Å². The van der Waals surface area contributed by atoms with Gasteiger partial charge in [0, 0.05) is 27.1 Å². The Morgan fingerprint density at radius 2 is 1.66 bits per heavy atom. The number of hydrogen-bond acceptors (Lipinski definition) is 3. The lowest BCUT2D eigenvalue weighted by molar-refractivity contribution is 0.577. The third-order valence-corrected chi connectivity index (χ3v) is 7.27. The van der Waals surface area contributed by atoms with Crippen molar-refractivity contribution in [3.8, 4) is 0 Å². The fourth-order valence-corrected chi connectivity index (χ4v) is 5.25. The zero-order chi connectivity index (χ0) is 23.0. The first-order valence-electron chi connectivity index (χ1n) is 9.53. The van der Waals surface area contributed by atoms with E-state index >= 15 is 0 Å². The number of nitrogens with zero attached hydrogens (tertiary/aromatic N) is 1. The quantitative estimate of drug-likeness (QED) is 0.488. The molecule has 3 aromatic carbocycles. The molecule has 0 radical (unpaired) electrons. The van der Waals surface area contributed by atoms with Crippen LogP contribution in [0.1, 0.15) is 29.5 Å². The van der Waals surface area contributed by atoms with Crippen molar-refractivity contribution in [1.82, 2.24) is 4.72 Å². The molecule has 0 aromatic heterocycles. The number of guanidine groups is 1. The highest BCUT2D eigenvalue weighted by Gasteiger charge is 2.32. The Balaban J connectivity index is 1.79. The van der Waals surface area contributed by atoms with Crippen LogP contribution in [-0.4, -0.2) is 14.4 Å². The second kappa shape index (κ2) is 8.69. The lowest BCUT2D eigenvalue weighted by Crippen LogP contribution is -2.41. The van der Waals surface area contributed by atoms with E-state index in [4.69, 9.17) is 23.2 Å². The summed E-state index contributed by atoms with van der Waals surface area (Å²) in [4.78, 5) is 4.08. The molecular weight excluding hydrogens is 479 g/mol. The van der Waals surface area contributed by atoms with E-state index in [2.05, 4.69) is 15.0 Å². The van der Waals surface area contributed by atoms with Gasteiger partial charge in [-0.3, -0.25) is 0 Å². The highest BCUT2D eigenvalue weighted by molar-refractivity contribution is 7.90. The van der Waals surface area contributed by atoms with Gasteiger partial charge in [-0.1, -0.05) is 54.4 Å². The van der Waals surface area contributed by atoms with Crippen LogP contribution in [0.2, 0.25) is 10.0 Å². The maximum Gasteiger partial charge on any atom is 0.266 e. The molecule has 10 heteroatoms. The summed E-state index contributed by atoms with van der Waals surface area (Å²) in [5, 5.41) is 3.60. The number of anilines is 1. The van der Waals surface area contributed by atoms with Gasteiger partial charge in [-0.15, -0.1) is 0 Å². The molecule has 32 heavy (non-hydrogen) atoms. The minimum absolute atomic E-state index is 0.00325. The molecule has 1 aliphatic heterocycles. The Bertz CT molecular complexity index is 1330. The van der Waals surface area contributed by atoms with Crippen LogP contribution in [0.15, 0.2) is 64.5 Å². The highest BCUT2D eigenvalue weighted by Crippen LogP contribution is 2.38. The molecule has 1 aliphatic rings. The normalized spacial score (nSPS) is 16.7. The first kappa shape index (κ1) is 22.5. The van der Waals surface area contributed by atoms with Gasteiger partial charge in [-0.05, 0) is 35.9 Å². The largest absolute Gasteiger partial charge is 0.324 e. The number of aliphatic imine (C=N–C) groups is 1. The molecule has 0 fully saturated rings. The van der Waals surface area contributed by atoms with E-state index < -0.39 is 27.6 Å². The molecule has 1 atom stereocenters. The zero-order valence-corrected chi connectivity index (χ0v) is 19.0. The van der Waals surface area contributed by atoms with Gasteiger partial charge in [0.25, 0.3) is 10.0 Å². The monoisotopic (exact) mass is 495 g/mol. The number of hydrogen-bond donors (Lipinski definition) is 2. The predicted molar refractivity (Wildman–Crippen MR) is 122 cm³/mol. The van der Waals surface area contributed by atoms with Crippen molar-refractivity contribution >= 4 is 44.9 Å². The van der Waals surface area contributed by atoms with Crippen molar-refractivity contribution in [2.24, 2.45) is 4.99 Å². The number of rotatable bonds is 4. The van der Waals surface area contributed by atoms with E-state index in [0.29, 0.717) is 15.6 Å². The molecule has 166 valence electrons. The molecule has 4 rings (SSSR count). The first-order chi connectivity index (χ1) is 15.2. The fourth-order valence-electron chi connectivity index (χ4n) is 3.57. The molecule has 1 unspecified atom stereocenters. The Morgan fingerprint density at radius 3 is 2.34 bits per heavy atom. The van der Waals surface area contributed by atoms with Crippen LogP contribution in [0.5, 0.6) is 0 Å². The highest BCUT2D eigenvalue weighted by atomic mass is 35.5.